The van der Waals surface area contributed by atoms with Crippen molar-refractivity contribution in [1.82, 2.24) is 5.32 Å². The van der Waals surface area contributed by atoms with E-state index in [9.17, 15) is 9.90 Å². The average molecular weight is 534 g/mol. The van der Waals surface area contributed by atoms with Crippen molar-refractivity contribution in [2.45, 2.75) is 118 Å². The maximum atomic E-state index is 12.7. The summed E-state index contributed by atoms with van der Waals surface area (Å²) in [6, 6.07) is 7.28. The molecule has 2 N–H and O–H groups in total. The third-order valence-electron chi connectivity index (χ3n) is 12.5. The maximum Gasteiger partial charge on any atom is 0.244 e. The first-order valence-electron chi connectivity index (χ1n) is 16.4. The highest BCUT2D eigenvalue weighted by molar-refractivity contribution is 5.91. The van der Waals surface area contributed by atoms with Crippen molar-refractivity contribution in [3.63, 3.8) is 0 Å². The predicted octanol–water partition coefficient (Wildman–Crippen LogP) is 9.01. The minimum Gasteiger partial charge on any atom is -0.508 e. The first-order valence-corrected chi connectivity index (χ1v) is 16.4. The van der Waals surface area contributed by atoms with Gasteiger partial charge in [0.25, 0.3) is 0 Å². The van der Waals surface area contributed by atoms with Crippen molar-refractivity contribution in [3.05, 3.63) is 35.9 Å². The number of hydrogen-bond acceptors (Lipinski definition) is 2. The van der Waals surface area contributed by atoms with E-state index in [0.29, 0.717) is 16.9 Å². The van der Waals surface area contributed by atoms with Crippen LogP contribution in [0.25, 0.3) is 6.08 Å². The fourth-order valence-corrected chi connectivity index (χ4v) is 10.4. The normalized spacial score (nSPS) is 38.7. The van der Waals surface area contributed by atoms with E-state index in [1.807, 2.05) is 18.2 Å². The molecule has 0 aliphatic heterocycles. The second-order valence-corrected chi connectivity index (χ2v) is 15.1. The van der Waals surface area contributed by atoms with Crippen molar-refractivity contribution in [3.8, 4) is 5.75 Å². The first kappa shape index (κ1) is 28.7. The minimum atomic E-state index is 0.0123. The van der Waals surface area contributed by atoms with E-state index >= 15 is 0 Å². The molecule has 9 atom stereocenters. The Morgan fingerprint density at radius 1 is 0.949 bits per heavy atom. The van der Waals surface area contributed by atoms with Crippen LogP contribution in [0.2, 0.25) is 0 Å². The number of amides is 1. The average Bonchev–Trinajstić information content (AvgIpc) is 3.25. The van der Waals surface area contributed by atoms with Crippen LogP contribution in [0.4, 0.5) is 0 Å². The van der Waals surface area contributed by atoms with Crippen LogP contribution < -0.4 is 5.32 Å². The number of phenolic OH excluding ortho intramolecular Hbond substituents is 1. The Morgan fingerprint density at radius 3 is 2.41 bits per heavy atom. The highest BCUT2D eigenvalue weighted by Crippen LogP contribution is 2.68. The summed E-state index contributed by atoms with van der Waals surface area (Å²) in [6.45, 7) is 12.7. The molecule has 39 heavy (non-hydrogen) atoms. The highest BCUT2D eigenvalue weighted by Gasteiger charge is 2.60. The number of fused-ring (bicyclic) bond motifs is 5. The molecule has 1 aromatic carbocycles. The molecule has 2 unspecified atom stereocenters. The third-order valence-corrected chi connectivity index (χ3v) is 12.5. The monoisotopic (exact) mass is 533 g/mol. The molecule has 0 heterocycles. The van der Waals surface area contributed by atoms with Gasteiger partial charge in [-0.2, -0.15) is 0 Å². The zero-order chi connectivity index (χ0) is 27.8. The highest BCUT2D eigenvalue weighted by atomic mass is 16.3. The van der Waals surface area contributed by atoms with E-state index in [4.69, 9.17) is 0 Å². The Bertz CT molecular complexity index is 1010. The molecule has 0 bridgehead atoms. The fraction of sp³-hybridized carbons (Fsp3) is 0.750. The van der Waals surface area contributed by atoms with E-state index < -0.39 is 0 Å². The molecule has 4 aliphatic rings. The molecule has 0 aromatic heterocycles. The van der Waals surface area contributed by atoms with E-state index in [1.54, 1.807) is 18.2 Å². The van der Waals surface area contributed by atoms with Crippen molar-refractivity contribution < 1.29 is 9.90 Å². The second kappa shape index (κ2) is 11.6. The third kappa shape index (κ3) is 5.84. The number of phenols is 1. The maximum absolute atomic E-state index is 12.7. The van der Waals surface area contributed by atoms with Crippen molar-refractivity contribution >= 4 is 12.0 Å². The molecule has 1 amide bonds. The van der Waals surface area contributed by atoms with Crippen LogP contribution in [0.1, 0.15) is 117 Å². The van der Waals surface area contributed by atoms with Crippen LogP contribution in [0, 0.1) is 52.3 Å². The summed E-state index contributed by atoms with van der Waals surface area (Å²) in [6.07, 6.45) is 19.9. The van der Waals surface area contributed by atoms with E-state index in [2.05, 4.69) is 39.9 Å². The number of nitrogens with one attached hydrogen (secondary N) is 1. The number of hydrogen-bond donors (Lipinski definition) is 2. The topological polar surface area (TPSA) is 49.3 Å². The Labute approximate surface area is 238 Å². The van der Waals surface area contributed by atoms with E-state index in [1.165, 1.54) is 64.2 Å². The van der Waals surface area contributed by atoms with Gasteiger partial charge in [0, 0.05) is 12.1 Å². The summed E-state index contributed by atoms with van der Waals surface area (Å²) in [5, 5.41) is 12.8. The molecule has 4 aliphatic carbocycles. The lowest BCUT2D eigenvalue weighted by molar-refractivity contribution is -0.125. The predicted molar refractivity (Wildman–Crippen MR) is 162 cm³/mol. The molecule has 0 saturated heterocycles. The lowest BCUT2D eigenvalue weighted by Gasteiger charge is -2.61. The van der Waals surface area contributed by atoms with Crippen molar-refractivity contribution in [2.24, 2.45) is 52.3 Å². The molecule has 0 spiro atoms. The van der Waals surface area contributed by atoms with E-state index in [-0.39, 0.29) is 11.7 Å². The van der Waals surface area contributed by atoms with Gasteiger partial charge in [0.1, 0.15) is 5.75 Å². The van der Waals surface area contributed by atoms with Crippen molar-refractivity contribution in [1.29, 1.82) is 0 Å². The zero-order valence-electron chi connectivity index (χ0n) is 25.4. The largest absolute Gasteiger partial charge is 0.508 e. The fourth-order valence-electron chi connectivity index (χ4n) is 10.4. The smallest absolute Gasteiger partial charge is 0.244 e. The van der Waals surface area contributed by atoms with Gasteiger partial charge in [-0.3, -0.25) is 4.79 Å². The first-order chi connectivity index (χ1) is 18.6. The van der Waals surface area contributed by atoms with E-state index in [0.717, 1.165) is 59.8 Å². The van der Waals surface area contributed by atoms with Gasteiger partial charge in [-0.25, -0.2) is 0 Å². The van der Waals surface area contributed by atoms with Gasteiger partial charge >= 0.3 is 0 Å². The van der Waals surface area contributed by atoms with Gasteiger partial charge in [-0.15, -0.1) is 0 Å². The molecule has 5 rings (SSSR count). The zero-order valence-corrected chi connectivity index (χ0v) is 25.4. The molecule has 3 heteroatoms. The lowest BCUT2D eigenvalue weighted by Crippen LogP contribution is -2.55. The van der Waals surface area contributed by atoms with Crippen LogP contribution in [0.5, 0.6) is 5.75 Å². The Kier molecular flexibility index (Phi) is 8.56. The Hall–Kier alpha value is -1.77. The van der Waals surface area contributed by atoms with Crippen LogP contribution in [0.15, 0.2) is 30.3 Å². The summed E-state index contributed by atoms with van der Waals surface area (Å²) in [7, 11) is 0. The molecular formula is C36H55NO2. The summed E-state index contributed by atoms with van der Waals surface area (Å²) in [5.74, 6) is 6.40. The number of carbonyl (C=O) groups is 1. The number of benzene rings is 1. The minimum absolute atomic E-state index is 0.0123. The van der Waals surface area contributed by atoms with Gasteiger partial charge in [-0.1, -0.05) is 66.0 Å². The van der Waals surface area contributed by atoms with Crippen LogP contribution >= 0.6 is 0 Å². The van der Waals surface area contributed by atoms with Gasteiger partial charge in [-0.05, 0) is 134 Å². The van der Waals surface area contributed by atoms with Crippen LogP contribution in [-0.4, -0.2) is 17.1 Å². The quantitative estimate of drug-likeness (QED) is 0.328. The molecule has 0 radical (unpaired) electrons. The Balaban J connectivity index is 1.18. The summed E-state index contributed by atoms with van der Waals surface area (Å²) < 4.78 is 0. The molecule has 4 saturated carbocycles. The SMILES string of the molecule is CC(C)CCC[C@@H](C)[C@H]1CC[C@H]2[C@@H]3CCC4CC(NC(=O)/C=C/c5ccc(O)cc5)CC[C@]4(C)[C@H]3CC[C@]12C. The summed E-state index contributed by atoms with van der Waals surface area (Å²) in [4.78, 5) is 12.7. The summed E-state index contributed by atoms with van der Waals surface area (Å²) >= 11 is 0. The molecule has 1 aromatic rings. The number of carbonyl (C=O) groups excluding carboxylic acids is 1. The molecule has 216 valence electrons. The van der Waals surface area contributed by atoms with Gasteiger partial charge in [0.15, 0.2) is 0 Å². The Morgan fingerprint density at radius 2 is 1.67 bits per heavy atom. The number of aromatic hydroxyl groups is 1. The molecule has 3 nitrogen and oxygen atoms in total. The molecular weight excluding hydrogens is 478 g/mol. The summed E-state index contributed by atoms with van der Waals surface area (Å²) in [5.41, 5.74) is 1.95. The van der Waals surface area contributed by atoms with Crippen LogP contribution in [-0.2, 0) is 4.79 Å². The standard InChI is InChI=1S/C36H55NO2/c1-24(2)7-6-8-25(3)31-16-17-32-30-15-12-27-23-28(19-21-35(27,4)33(30)20-22-36(31,32)5)37-34(39)18-11-26-9-13-29(38)14-10-26/h9-11,13-14,18,24-25,27-28,30-33,38H,6-8,12,15-17,19-23H2,1-5H3,(H,37,39)/b18-11+/t25-,27?,28?,30+,31-,32+,33+,35+,36-/m1/s1. The number of rotatable bonds is 8. The van der Waals surface area contributed by atoms with Gasteiger partial charge in [0.2, 0.25) is 5.91 Å². The lowest BCUT2D eigenvalue weighted by atomic mass is 9.44. The molecule has 4 fully saturated rings. The van der Waals surface area contributed by atoms with Crippen molar-refractivity contribution in [2.75, 3.05) is 0 Å². The second-order valence-electron chi connectivity index (χ2n) is 15.1. The van der Waals surface area contributed by atoms with Crippen LogP contribution in [0.3, 0.4) is 0 Å². The van der Waals surface area contributed by atoms with Gasteiger partial charge < -0.3 is 10.4 Å². The van der Waals surface area contributed by atoms with Gasteiger partial charge in [0.05, 0.1) is 0 Å².